The van der Waals surface area contributed by atoms with Crippen LogP contribution in [0.4, 0.5) is 5.69 Å². The molecule has 0 aromatic heterocycles. The molecular formula is C28H32N4O6S. The molecule has 2 aromatic rings. The summed E-state index contributed by atoms with van der Waals surface area (Å²) in [4.78, 5) is 45.9. The monoisotopic (exact) mass is 552 g/mol. The van der Waals surface area contributed by atoms with Crippen molar-refractivity contribution >= 4 is 39.1 Å². The minimum Gasteiger partial charge on any atom is -0.507 e. The van der Waals surface area contributed by atoms with E-state index >= 15 is 0 Å². The summed E-state index contributed by atoms with van der Waals surface area (Å²) in [6.45, 7) is 3.49. The van der Waals surface area contributed by atoms with Crippen molar-refractivity contribution in [2.45, 2.75) is 30.2 Å². The summed E-state index contributed by atoms with van der Waals surface area (Å²) in [6.07, 6.45) is 1.61. The first-order valence-electron chi connectivity index (χ1n) is 13.0. The number of rotatable bonds is 7. The zero-order valence-electron chi connectivity index (χ0n) is 22.3. The quantitative estimate of drug-likeness (QED) is 0.317. The molecule has 3 aliphatic heterocycles. The zero-order chi connectivity index (χ0) is 28.1. The van der Waals surface area contributed by atoms with E-state index in [4.69, 9.17) is 0 Å². The van der Waals surface area contributed by atoms with Crippen molar-refractivity contribution in [2.75, 3.05) is 51.7 Å². The molecule has 1 unspecified atom stereocenters. The number of sulfonamides is 1. The van der Waals surface area contributed by atoms with Gasteiger partial charge in [-0.3, -0.25) is 14.4 Å². The van der Waals surface area contributed by atoms with Gasteiger partial charge in [0.05, 0.1) is 16.2 Å². The predicted molar refractivity (Wildman–Crippen MR) is 145 cm³/mol. The van der Waals surface area contributed by atoms with Crippen LogP contribution in [0.3, 0.4) is 0 Å². The number of amides is 2. The lowest BCUT2D eigenvalue weighted by Crippen LogP contribution is -2.53. The Morgan fingerprint density at radius 2 is 1.64 bits per heavy atom. The van der Waals surface area contributed by atoms with E-state index in [2.05, 4.69) is 0 Å². The normalized spacial score (nSPS) is 23.0. The van der Waals surface area contributed by atoms with Gasteiger partial charge in [0.15, 0.2) is 5.54 Å². The fourth-order valence-electron chi connectivity index (χ4n) is 5.79. The summed E-state index contributed by atoms with van der Waals surface area (Å²) < 4.78 is 27.4. The number of hydrogen-bond donors (Lipinski definition) is 1. The minimum absolute atomic E-state index is 0.0709. The Hall–Kier alpha value is -3.54. The number of carbonyl (C=O) groups excluding carboxylic acids is 3. The first-order valence-corrected chi connectivity index (χ1v) is 14.5. The van der Waals surface area contributed by atoms with Gasteiger partial charge in [0, 0.05) is 43.9 Å². The van der Waals surface area contributed by atoms with Crippen LogP contribution in [0.1, 0.15) is 30.9 Å². The fraction of sp³-hybridized carbons (Fsp3) is 0.393. The average molecular weight is 553 g/mol. The lowest BCUT2D eigenvalue weighted by atomic mass is 9.82. The van der Waals surface area contributed by atoms with Crippen LogP contribution in [0.5, 0.6) is 0 Å². The third-order valence-electron chi connectivity index (χ3n) is 7.73. The van der Waals surface area contributed by atoms with E-state index in [1.807, 2.05) is 19.0 Å². The van der Waals surface area contributed by atoms with E-state index in [9.17, 15) is 27.9 Å². The first kappa shape index (κ1) is 27.0. The highest BCUT2D eigenvalue weighted by atomic mass is 32.2. The van der Waals surface area contributed by atoms with Gasteiger partial charge in [-0.1, -0.05) is 18.2 Å². The maximum Gasteiger partial charge on any atom is 0.296 e. The van der Waals surface area contributed by atoms with Crippen LogP contribution in [0.2, 0.25) is 0 Å². The van der Waals surface area contributed by atoms with Crippen LogP contribution in [0, 0.1) is 0 Å². The molecule has 2 aromatic carbocycles. The van der Waals surface area contributed by atoms with Gasteiger partial charge in [-0.2, -0.15) is 4.31 Å². The van der Waals surface area contributed by atoms with Crippen LogP contribution in [0.15, 0.2) is 59.0 Å². The largest absolute Gasteiger partial charge is 0.507 e. The molecule has 0 radical (unpaired) electrons. The molecule has 2 amide bonds. The van der Waals surface area contributed by atoms with Gasteiger partial charge in [0.1, 0.15) is 5.76 Å². The lowest BCUT2D eigenvalue weighted by molar-refractivity contribution is -0.143. The Morgan fingerprint density at radius 1 is 1.00 bits per heavy atom. The summed E-state index contributed by atoms with van der Waals surface area (Å²) in [7, 11) is -0.0383. The molecule has 5 rings (SSSR count). The van der Waals surface area contributed by atoms with Crippen LogP contribution in [-0.4, -0.2) is 92.0 Å². The van der Waals surface area contributed by atoms with Crippen molar-refractivity contribution in [1.82, 2.24) is 14.1 Å². The van der Waals surface area contributed by atoms with Crippen molar-refractivity contribution in [3.8, 4) is 0 Å². The van der Waals surface area contributed by atoms with Crippen molar-refractivity contribution < 1.29 is 27.9 Å². The van der Waals surface area contributed by atoms with E-state index in [1.54, 1.807) is 31.2 Å². The SMILES string of the molecule is CCN1C(=O)C2(C(=C(O)c3ccc(S(=O)(=O)N4CCCC4)cc3)C(=O)C(=O)N2CCN(C)C)c2ccccc21. The molecule has 2 saturated heterocycles. The topological polar surface area (TPSA) is 119 Å². The lowest BCUT2D eigenvalue weighted by Gasteiger charge is -2.35. The summed E-state index contributed by atoms with van der Waals surface area (Å²) in [5.41, 5.74) is -0.985. The maximum atomic E-state index is 14.2. The van der Waals surface area contributed by atoms with Crippen molar-refractivity contribution in [2.24, 2.45) is 0 Å². The molecule has 0 bridgehead atoms. The highest BCUT2D eigenvalue weighted by Crippen LogP contribution is 2.53. The first-order chi connectivity index (χ1) is 18.6. The molecule has 0 saturated carbocycles. The molecule has 0 aliphatic carbocycles. The average Bonchev–Trinajstić information content (AvgIpc) is 3.60. The Labute approximate surface area is 228 Å². The van der Waals surface area contributed by atoms with Crippen LogP contribution in [0.25, 0.3) is 5.76 Å². The fourth-order valence-corrected chi connectivity index (χ4v) is 7.30. The summed E-state index contributed by atoms with van der Waals surface area (Å²) in [5, 5.41) is 11.6. The summed E-state index contributed by atoms with van der Waals surface area (Å²) >= 11 is 0. The Kier molecular flexibility index (Phi) is 6.86. The molecular weight excluding hydrogens is 520 g/mol. The van der Waals surface area contributed by atoms with E-state index < -0.39 is 38.9 Å². The summed E-state index contributed by atoms with van der Waals surface area (Å²) in [5.74, 6) is -2.83. The van der Waals surface area contributed by atoms with Gasteiger partial charge in [0.25, 0.3) is 17.6 Å². The zero-order valence-corrected chi connectivity index (χ0v) is 23.1. The minimum atomic E-state index is -3.68. The van der Waals surface area contributed by atoms with Gasteiger partial charge < -0.3 is 19.8 Å². The molecule has 11 heteroatoms. The number of likely N-dealkylation sites (tertiary alicyclic amines) is 1. The third-order valence-corrected chi connectivity index (χ3v) is 9.64. The number of anilines is 1. The van der Waals surface area contributed by atoms with Crippen LogP contribution >= 0.6 is 0 Å². The highest BCUT2D eigenvalue weighted by Gasteiger charge is 2.66. The predicted octanol–water partition coefficient (Wildman–Crippen LogP) is 1.98. The van der Waals surface area contributed by atoms with E-state index in [0.29, 0.717) is 37.4 Å². The van der Waals surface area contributed by atoms with Crippen molar-refractivity contribution in [3.63, 3.8) is 0 Å². The smallest absolute Gasteiger partial charge is 0.296 e. The number of hydrogen-bond acceptors (Lipinski definition) is 7. The Morgan fingerprint density at radius 3 is 2.26 bits per heavy atom. The number of ketones is 1. The standard InChI is InChI=1S/C28H32N4O6S/c1-4-31-22-10-6-5-9-21(22)28(27(31)36)23(25(34)26(35)32(28)18-17-29(2)3)24(33)19-11-13-20(14-12-19)39(37,38)30-15-7-8-16-30/h5-6,9-14,33H,4,7-8,15-18H2,1-3H3. The number of Topliss-reactive ketones (excluding diaryl/α,β-unsaturated/α-hetero) is 1. The number of benzene rings is 2. The molecule has 1 atom stereocenters. The van der Waals surface area contributed by atoms with Gasteiger partial charge >= 0.3 is 0 Å². The van der Waals surface area contributed by atoms with E-state index in [-0.39, 0.29) is 22.6 Å². The highest BCUT2D eigenvalue weighted by molar-refractivity contribution is 7.89. The number of carbonyl (C=O) groups is 3. The Bertz CT molecular complexity index is 1480. The summed E-state index contributed by atoms with van der Waals surface area (Å²) in [6, 6.07) is 12.5. The number of aliphatic hydroxyl groups is 1. The van der Waals surface area contributed by atoms with Crippen molar-refractivity contribution in [1.29, 1.82) is 0 Å². The molecule has 2 fully saturated rings. The number of nitrogens with zero attached hydrogens (tertiary/aromatic N) is 4. The molecule has 1 N–H and O–H groups in total. The van der Waals surface area contributed by atoms with Crippen LogP contribution in [-0.2, 0) is 29.9 Å². The number of para-hydroxylation sites is 1. The molecule has 3 aliphatic rings. The molecule has 206 valence electrons. The second-order valence-corrected chi connectivity index (χ2v) is 12.2. The van der Waals surface area contributed by atoms with Gasteiger partial charge in [-0.05, 0) is 64.2 Å². The van der Waals surface area contributed by atoms with Gasteiger partial charge in [-0.15, -0.1) is 0 Å². The molecule has 3 heterocycles. The Balaban J connectivity index is 1.68. The number of likely N-dealkylation sites (N-methyl/N-ethyl adjacent to an activating group) is 2. The van der Waals surface area contributed by atoms with Gasteiger partial charge in [0.2, 0.25) is 10.0 Å². The number of aliphatic hydroxyl groups excluding tert-OH is 1. The molecule has 39 heavy (non-hydrogen) atoms. The van der Waals surface area contributed by atoms with E-state index in [1.165, 1.54) is 38.4 Å². The maximum absolute atomic E-state index is 14.2. The van der Waals surface area contributed by atoms with Gasteiger partial charge in [-0.25, -0.2) is 8.42 Å². The second-order valence-electron chi connectivity index (χ2n) is 10.2. The van der Waals surface area contributed by atoms with Crippen LogP contribution < -0.4 is 4.90 Å². The van der Waals surface area contributed by atoms with E-state index in [0.717, 1.165) is 12.8 Å². The molecule has 10 nitrogen and oxygen atoms in total. The van der Waals surface area contributed by atoms with Crippen molar-refractivity contribution in [3.05, 3.63) is 65.2 Å². The third kappa shape index (κ3) is 3.98. The molecule has 1 spiro atoms. The second kappa shape index (κ2) is 9.89. The number of fused-ring (bicyclic) bond motifs is 2.